The van der Waals surface area contributed by atoms with Crippen LogP contribution in [0.15, 0.2) is 82.1 Å². The van der Waals surface area contributed by atoms with Gasteiger partial charge >= 0.3 is 0 Å². The number of aromatic nitrogens is 1. The molecular weight excluding hydrogens is 433 g/mol. The molecule has 3 aromatic carbocycles. The summed E-state index contributed by atoms with van der Waals surface area (Å²) >= 11 is 0. The Labute approximate surface area is 184 Å². The van der Waals surface area contributed by atoms with E-state index < -0.39 is 32.7 Å². The molecule has 0 radical (unpaired) electrons. The summed E-state index contributed by atoms with van der Waals surface area (Å²) in [5, 5.41) is 2.71. The summed E-state index contributed by atoms with van der Waals surface area (Å²) in [7, 11) is -4.29. The molecule has 4 rings (SSSR count). The second-order valence-electron chi connectivity index (χ2n) is 7.20. The van der Waals surface area contributed by atoms with E-state index in [0.717, 1.165) is 17.7 Å². The Balaban J connectivity index is 1.62. The zero-order valence-electron chi connectivity index (χ0n) is 17.1. The molecule has 0 unspecified atom stereocenters. The van der Waals surface area contributed by atoms with Crippen LogP contribution in [0.1, 0.15) is 11.5 Å². The van der Waals surface area contributed by atoms with Crippen LogP contribution in [0.5, 0.6) is 0 Å². The van der Waals surface area contributed by atoms with Gasteiger partial charge in [-0.05, 0) is 42.3 Å². The van der Waals surface area contributed by atoms with Crippen molar-refractivity contribution in [1.29, 1.82) is 0 Å². The maximum absolute atomic E-state index is 14.1. The smallest absolute Gasteiger partial charge is 0.244 e. The molecule has 0 bridgehead atoms. The Kier molecular flexibility index (Phi) is 6.02. The van der Waals surface area contributed by atoms with Crippen LogP contribution in [0.25, 0.3) is 11.1 Å². The van der Waals surface area contributed by atoms with E-state index in [-0.39, 0.29) is 6.42 Å². The molecule has 0 saturated carbocycles. The van der Waals surface area contributed by atoms with Gasteiger partial charge in [0.15, 0.2) is 11.5 Å². The minimum Gasteiger partial charge on any atom is -0.441 e. The quantitative estimate of drug-likeness (QED) is 0.443. The van der Waals surface area contributed by atoms with Crippen molar-refractivity contribution < 1.29 is 22.0 Å². The van der Waals surface area contributed by atoms with Crippen LogP contribution in [0.4, 0.5) is 10.1 Å². The first kappa shape index (κ1) is 21.7. The van der Waals surface area contributed by atoms with Crippen molar-refractivity contribution in [3.05, 3.63) is 90.1 Å². The summed E-state index contributed by atoms with van der Waals surface area (Å²) in [6.07, 6.45) is 0.0751. The summed E-state index contributed by atoms with van der Waals surface area (Å²) in [5.41, 5.74) is 2.30. The SMILES string of the molecule is Cc1nc2cc(NC(=O)[C@H](Cc3ccccc3)NS(=O)(=O)c3ccccc3F)ccc2o1. The average Bonchev–Trinajstić information content (AvgIpc) is 3.13. The number of sulfonamides is 1. The second-order valence-corrected chi connectivity index (χ2v) is 8.88. The van der Waals surface area contributed by atoms with Crippen LogP contribution in [-0.4, -0.2) is 25.4 Å². The number of fused-ring (bicyclic) bond motifs is 1. The highest BCUT2D eigenvalue weighted by atomic mass is 32.2. The number of amides is 1. The highest BCUT2D eigenvalue weighted by Crippen LogP contribution is 2.21. The minimum atomic E-state index is -4.29. The number of carbonyl (C=O) groups excluding carboxylic acids is 1. The summed E-state index contributed by atoms with van der Waals surface area (Å²) < 4.78 is 47.6. The maximum atomic E-state index is 14.1. The van der Waals surface area contributed by atoms with Gasteiger partial charge in [0.2, 0.25) is 15.9 Å². The van der Waals surface area contributed by atoms with Gasteiger partial charge in [-0.25, -0.2) is 17.8 Å². The molecule has 0 aliphatic rings. The standard InChI is InChI=1S/C23H20FN3O4S/c1-15-25-19-14-17(11-12-21(19)31-15)26-23(28)20(13-16-7-3-2-4-8-16)27-32(29,30)22-10-6-5-9-18(22)24/h2-12,14,20,27H,13H2,1H3,(H,26,28)/t20-/m0/s1. The van der Waals surface area contributed by atoms with E-state index in [4.69, 9.17) is 4.42 Å². The van der Waals surface area contributed by atoms with Gasteiger partial charge in [0, 0.05) is 12.6 Å². The highest BCUT2D eigenvalue weighted by molar-refractivity contribution is 7.89. The van der Waals surface area contributed by atoms with Crippen LogP contribution in [0.3, 0.4) is 0 Å². The Morgan fingerprint density at radius 1 is 1.06 bits per heavy atom. The highest BCUT2D eigenvalue weighted by Gasteiger charge is 2.28. The van der Waals surface area contributed by atoms with Gasteiger partial charge in [-0.3, -0.25) is 4.79 Å². The fourth-order valence-corrected chi connectivity index (χ4v) is 4.58. The van der Waals surface area contributed by atoms with Crippen LogP contribution in [-0.2, 0) is 21.2 Å². The van der Waals surface area contributed by atoms with Gasteiger partial charge in [-0.2, -0.15) is 4.72 Å². The molecular formula is C23H20FN3O4S. The summed E-state index contributed by atoms with van der Waals surface area (Å²) in [4.78, 5) is 16.8. The van der Waals surface area contributed by atoms with E-state index in [9.17, 15) is 17.6 Å². The number of hydrogen-bond donors (Lipinski definition) is 2. The molecule has 9 heteroatoms. The Morgan fingerprint density at radius 3 is 2.53 bits per heavy atom. The molecule has 32 heavy (non-hydrogen) atoms. The summed E-state index contributed by atoms with van der Waals surface area (Å²) in [6, 6.07) is 17.7. The third-order valence-electron chi connectivity index (χ3n) is 4.78. The lowest BCUT2D eigenvalue weighted by molar-refractivity contribution is -0.117. The first-order chi connectivity index (χ1) is 15.3. The number of oxazole rings is 1. The van der Waals surface area contributed by atoms with Crippen molar-refractivity contribution >= 4 is 32.7 Å². The molecule has 1 heterocycles. The number of rotatable bonds is 7. The molecule has 7 nitrogen and oxygen atoms in total. The number of nitrogens with zero attached hydrogens (tertiary/aromatic N) is 1. The zero-order valence-corrected chi connectivity index (χ0v) is 17.9. The molecule has 0 saturated heterocycles. The number of benzene rings is 3. The third-order valence-corrected chi connectivity index (χ3v) is 6.29. The Bertz CT molecular complexity index is 1370. The molecule has 164 valence electrons. The zero-order chi connectivity index (χ0) is 22.7. The largest absolute Gasteiger partial charge is 0.441 e. The summed E-state index contributed by atoms with van der Waals surface area (Å²) in [6.45, 7) is 1.71. The molecule has 0 aliphatic carbocycles. The van der Waals surface area contributed by atoms with E-state index in [1.807, 2.05) is 6.07 Å². The van der Waals surface area contributed by atoms with Gasteiger partial charge in [-0.15, -0.1) is 0 Å². The Morgan fingerprint density at radius 2 is 1.78 bits per heavy atom. The van der Waals surface area contributed by atoms with E-state index in [1.54, 1.807) is 49.4 Å². The van der Waals surface area contributed by atoms with Gasteiger partial charge in [0.1, 0.15) is 22.3 Å². The third kappa shape index (κ3) is 4.84. The van der Waals surface area contributed by atoms with Gasteiger partial charge in [0.05, 0.1) is 0 Å². The van der Waals surface area contributed by atoms with Crippen LogP contribution in [0.2, 0.25) is 0 Å². The molecule has 0 fully saturated rings. The van der Waals surface area contributed by atoms with Crippen molar-refractivity contribution in [2.75, 3.05) is 5.32 Å². The molecule has 1 atom stereocenters. The number of nitrogens with one attached hydrogen (secondary N) is 2. The number of anilines is 1. The van der Waals surface area contributed by atoms with E-state index in [0.29, 0.717) is 22.7 Å². The normalized spacial score (nSPS) is 12.6. The topological polar surface area (TPSA) is 101 Å². The van der Waals surface area contributed by atoms with Crippen molar-refractivity contribution in [2.24, 2.45) is 0 Å². The average molecular weight is 453 g/mol. The van der Waals surface area contributed by atoms with E-state index in [2.05, 4.69) is 15.0 Å². The molecule has 0 aliphatic heterocycles. The van der Waals surface area contributed by atoms with Crippen molar-refractivity contribution in [2.45, 2.75) is 24.3 Å². The first-order valence-corrected chi connectivity index (χ1v) is 11.3. The van der Waals surface area contributed by atoms with Crippen LogP contribution >= 0.6 is 0 Å². The van der Waals surface area contributed by atoms with Crippen molar-refractivity contribution in [3.8, 4) is 0 Å². The summed E-state index contributed by atoms with van der Waals surface area (Å²) in [5.74, 6) is -0.998. The lowest BCUT2D eigenvalue weighted by Gasteiger charge is -2.19. The predicted molar refractivity (Wildman–Crippen MR) is 118 cm³/mol. The molecule has 1 amide bonds. The van der Waals surface area contributed by atoms with Gasteiger partial charge in [0.25, 0.3) is 0 Å². The van der Waals surface area contributed by atoms with Crippen LogP contribution in [0, 0.1) is 12.7 Å². The molecule has 1 aromatic heterocycles. The number of aryl methyl sites for hydroxylation is 1. The maximum Gasteiger partial charge on any atom is 0.244 e. The van der Waals surface area contributed by atoms with Crippen LogP contribution < -0.4 is 10.0 Å². The monoisotopic (exact) mass is 453 g/mol. The number of carbonyl (C=O) groups is 1. The fourth-order valence-electron chi connectivity index (χ4n) is 3.30. The fraction of sp³-hybridized carbons (Fsp3) is 0.130. The van der Waals surface area contributed by atoms with Crippen molar-refractivity contribution in [3.63, 3.8) is 0 Å². The van der Waals surface area contributed by atoms with Crippen molar-refractivity contribution in [1.82, 2.24) is 9.71 Å². The second kappa shape index (κ2) is 8.89. The number of hydrogen-bond acceptors (Lipinski definition) is 5. The molecule has 2 N–H and O–H groups in total. The molecule has 4 aromatic rings. The van der Waals surface area contributed by atoms with E-state index >= 15 is 0 Å². The van der Waals surface area contributed by atoms with Gasteiger partial charge < -0.3 is 9.73 Å². The van der Waals surface area contributed by atoms with Gasteiger partial charge in [-0.1, -0.05) is 42.5 Å². The number of halogens is 1. The Hall–Kier alpha value is -3.56. The minimum absolute atomic E-state index is 0.0751. The predicted octanol–water partition coefficient (Wildman–Crippen LogP) is 3.80. The lowest BCUT2D eigenvalue weighted by Crippen LogP contribution is -2.45. The van der Waals surface area contributed by atoms with E-state index in [1.165, 1.54) is 12.1 Å². The molecule has 0 spiro atoms. The first-order valence-electron chi connectivity index (χ1n) is 9.81. The lowest BCUT2D eigenvalue weighted by atomic mass is 10.1.